The van der Waals surface area contributed by atoms with Crippen LogP contribution in [0.5, 0.6) is 0 Å². The zero-order chi connectivity index (χ0) is 49.5. The number of rotatable bonds is 5. The van der Waals surface area contributed by atoms with Crippen molar-refractivity contribution in [3.05, 3.63) is 230 Å². The molecule has 0 aliphatic heterocycles. The Morgan fingerprint density at radius 1 is 0.293 bits per heavy atom. The lowest BCUT2D eigenvalue weighted by Crippen LogP contribution is -2.11. The molecule has 4 nitrogen and oxygen atoms in total. The number of benzene rings is 11. The highest BCUT2D eigenvalue weighted by Gasteiger charge is 2.33. The van der Waals surface area contributed by atoms with E-state index in [0.29, 0.717) is 33.6 Å². The van der Waals surface area contributed by atoms with Crippen LogP contribution in [0.2, 0.25) is 0 Å². The smallest absolute Gasteiger partial charge is 0.104 e. The minimum Gasteiger partial charge on any atom is -0.306 e. The van der Waals surface area contributed by atoms with Crippen molar-refractivity contribution in [3.8, 4) is 56.9 Å². The highest BCUT2D eigenvalue weighted by atomic mass is 32.1. The van der Waals surface area contributed by atoms with Crippen LogP contribution in [0.25, 0.3) is 149 Å². The van der Waals surface area contributed by atoms with Crippen molar-refractivity contribution in [2.75, 3.05) is 0 Å². The molecule has 0 aliphatic rings. The summed E-state index contributed by atoms with van der Waals surface area (Å²) in [6, 6.07) is 83.3. The molecule has 16 aromatic rings. The van der Waals surface area contributed by atoms with Gasteiger partial charge in [0.2, 0.25) is 0 Å². The van der Waals surface area contributed by atoms with E-state index in [1.54, 1.807) is 34.0 Å². The van der Waals surface area contributed by atoms with E-state index < -0.39 is 0 Å². The molecule has 5 aromatic heterocycles. The zero-order valence-corrected chi connectivity index (χ0v) is 42.2. The molecule has 0 radical (unpaired) electrons. The summed E-state index contributed by atoms with van der Waals surface area (Å²) in [5, 5.41) is 36.4. The second-order valence-electron chi connectivity index (χ2n) is 19.2. The molecule has 0 spiro atoms. The normalized spacial score (nSPS) is 12.0. The predicted octanol–water partition coefficient (Wildman–Crippen LogP) is 19.7. The highest BCUT2D eigenvalue weighted by Crippen LogP contribution is 2.53. The fourth-order valence-corrected chi connectivity index (χ4v) is 16.0. The first-order valence-corrected chi connectivity index (χ1v) is 27.4. The third kappa shape index (κ3) is 5.89. The molecule has 5 heterocycles. The predicted molar refractivity (Wildman–Crippen MR) is 320 cm³/mol. The summed E-state index contributed by atoms with van der Waals surface area (Å²) < 4.78 is 11.7. The molecular formula is C68H36N4S3. The Kier molecular flexibility index (Phi) is 9.05. The first-order valence-electron chi connectivity index (χ1n) is 24.9. The molecule has 0 aliphatic carbocycles. The monoisotopic (exact) mass is 1000 g/mol. The first kappa shape index (κ1) is 42.2. The summed E-state index contributed by atoms with van der Waals surface area (Å²) in [5.41, 5.74) is 11.7. The molecule has 346 valence electrons. The van der Waals surface area contributed by atoms with E-state index in [-0.39, 0.29) is 0 Å². The molecule has 0 unspecified atom stereocenters. The van der Waals surface area contributed by atoms with Crippen molar-refractivity contribution in [3.63, 3.8) is 0 Å². The Morgan fingerprint density at radius 2 is 0.667 bits per heavy atom. The van der Waals surface area contributed by atoms with E-state index >= 15 is 0 Å². The maximum atomic E-state index is 12.7. The van der Waals surface area contributed by atoms with E-state index in [4.69, 9.17) is 0 Å². The number of hydrogen-bond acceptors (Lipinski definition) is 5. The lowest BCUT2D eigenvalue weighted by molar-refractivity contribution is 1.12. The van der Waals surface area contributed by atoms with Crippen molar-refractivity contribution in [2.24, 2.45) is 0 Å². The van der Waals surface area contributed by atoms with E-state index in [1.165, 1.54) is 30.3 Å². The van der Waals surface area contributed by atoms with Gasteiger partial charge in [0.05, 0.1) is 53.1 Å². The molecule has 0 N–H and O–H groups in total. The van der Waals surface area contributed by atoms with Crippen molar-refractivity contribution >= 4 is 138 Å². The van der Waals surface area contributed by atoms with Crippen molar-refractivity contribution in [1.82, 2.24) is 9.13 Å². The Bertz CT molecular complexity index is 5070. The molecule has 0 saturated heterocycles. The number of nitriles is 2. The Balaban J connectivity index is 1.19. The number of nitrogens with zero attached hydrogens (tertiary/aromatic N) is 4. The lowest BCUT2D eigenvalue weighted by atomic mass is 9.86. The van der Waals surface area contributed by atoms with Gasteiger partial charge in [-0.2, -0.15) is 10.5 Å². The Labute approximate surface area is 441 Å². The van der Waals surface area contributed by atoms with Gasteiger partial charge in [-0.05, 0) is 52.6 Å². The molecule has 0 atom stereocenters. The third-order valence-electron chi connectivity index (χ3n) is 15.4. The molecule has 0 fully saturated rings. The van der Waals surface area contributed by atoms with Gasteiger partial charge >= 0.3 is 0 Å². The van der Waals surface area contributed by atoms with Crippen molar-refractivity contribution in [1.29, 1.82) is 10.5 Å². The second-order valence-corrected chi connectivity index (χ2v) is 22.4. The van der Waals surface area contributed by atoms with Gasteiger partial charge in [-0.1, -0.05) is 188 Å². The van der Waals surface area contributed by atoms with Crippen LogP contribution in [0, 0.1) is 22.7 Å². The van der Waals surface area contributed by atoms with Crippen LogP contribution >= 0.6 is 34.0 Å². The summed E-state index contributed by atoms with van der Waals surface area (Å²) in [6.45, 7) is 0. The maximum Gasteiger partial charge on any atom is 0.104 e. The third-order valence-corrected chi connectivity index (χ3v) is 19.0. The SMILES string of the molecule is N#Cc1c(-c2ccccc2)c(-n2c3ccc(-c4ccccc4)cc3c3ccc4c5ccccc5sc4c32)c(C#N)c(-n2c3c(ccc4c5ccccc5sc43)c3ccc4c5ccccc5sc4c32)c1-c1ccccc1. The quantitative estimate of drug-likeness (QED) is 0.172. The number of hydrogen-bond donors (Lipinski definition) is 0. The fourth-order valence-electron chi connectivity index (χ4n) is 12.2. The maximum absolute atomic E-state index is 12.7. The summed E-state index contributed by atoms with van der Waals surface area (Å²) in [4.78, 5) is 0. The largest absolute Gasteiger partial charge is 0.306 e. The van der Waals surface area contributed by atoms with E-state index in [1.807, 2.05) is 36.4 Å². The van der Waals surface area contributed by atoms with Gasteiger partial charge in [0.1, 0.15) is 17.7 Å². The zero-order valence-electron chi connectivity index (χ0n) is 39.8. The molecular weight excluding hydrogens is 969 g/mol. The van der Waals surface area contributed by atoms with E-state index in [0.717, 1.165) is 96.1 Å². The molecule has 0 saturated carbocycles. The molecule has 11 aromatic carbocycles. The van der Waals surface area contributed by atoms with Crippen LogP contribution in [-0.2, 0) is 0 Å². The minimum atomic E-state index is 0.478. The van der Waals surface area contributed by atoms with E-state index in [2.05, 4.69) is 203 Å². The summed E-state index contributed by atoms with van der Waals surface area (Å²) in [6.07, 6.45) is 0. The van der Waals surface area contributed by atoms with Crippen molar-refractivity contribution < 1.29 is 0 Å². The van der Waals surface area contributed by atoms with Gasteiger partial charge in [-0.25, -0.2) is 0 Å². The molecule has 0 bridgehead atoms. The summed E-state index contributed by atoms with van der Waals surface area (Å²) in [5.74, 6) is 0. The Morgan fingerprint density at radius 3 is 1.12 bits per heavy atom. The van der Waals surface area contributed by atoms with Crippen LogP contribution in [0.4, 0.5) is 0 Å². The number of aromatic nitrogens is 2. The van der Waals surface area contributed by atoms with Crippen LogP contribution < -0.4 is 0 Å². The van der Waals surface area contributed by atoms with Gasteiger partial charge in [0.25, 0.3) is 0 Å². The highest BCUT2D eigenvalue weighted by molar-refractivity contribution is 7.27. The number of thiophene rings is 3. The van der Waals surface area contributed by atoms with Gasteiger partial charge in [-0.3, -0.25) is 0 Å². The topological polar surface area (TPSA) is 57.4 Å². The molecule has 16 rings (SSSR count). The standard InChI is InChI=1S/C68H36N4S3/c69-37-53-59(40-18-6-2-7-19-40)61(71-55-35-28-42(39-16-4-1-5-17-39)36-52(55)48-31-34-49-43-22-10-13-25-56(43)73-66(49)63(48)71)54(38-70)62(60(53)41-20-8-3-9-21-41)72-64-46(29-32-50-44-23-11-14-26-57(44)74-67(50)64)47-30-33-51-45-24-12-15-27-58(45)75-68(51)65(47)72/h1-36H. The van der Waals surface area contributed by atoms with Crippen LogP contribution in [-0.4, -0.2) is 9.13 Å². The fraction of sp³-hybridized carbons (Fsp3) is 0. The van der Waals surface area contributed by atoms with Crippen LogP contribution in [0.1, 0.15) is 11.1 Å². The van der Waals surface area contributed by atoms with Crippen LogP contribution in [0.3, 0.4) is 0 Å². The molecule has 7 heteroatoms. The minimum absolute atomic E-state index is 0.478. The van der Waals surface area contributed by atoms with Crippen molar-refractivity contribution in [2.45, 2.75) is 0 Å². The Hall–Kier alpha value is -9.34. The lowest BCUT2D eigenvalue weighted by Gasteiger charge is -2.25. The second kappa shape index (κ2) is 16.1. The van der Waals surface area contributed by atoms with E-state index in [9.17, 15) is 10.5 Å². The molecule has 0 amide bonds. The average molecular weight is 1010 g/mol. The summed E-state index contributed by atoms with van der Waals surface area (Å²) >= 11 is 5.36. The van der Waals surface area contributed by atoms with Gasteiger partial charge < -0.3 is 9.13 Å². The van der Waals surface area contributed by atoms with Gasteiger partial charge in [0, 0.05) is 79.1 Å². The van der Waals surface area contributed by atoms with Gasteiger partial charge in [-0.15, -0.1) is 34.0 Å². The number of fused-ring (bicyclic) bond motifs is 18. The summed E-state index contributed by atoms with van der Waals surface area (Å²) in [7, 11) is 0. The first-order chi connectivity index (χ1) is 37.2. The van der Waals surface area contributed by atoms with Gasteiger partial charge in [0.15, 0.2) is 0 Å². The van der Waals surface area contributed by atoms with Crippen LogP contribution in [0.15, 0.2) is 218 Å². The molecule has 75 heavy (non-hydrogen) atoms. The average Bonchev–Trinajstić information content (AvgIpc) is 4.35.